The first-order valence-corrected chi connectivity index (χ1v) is 10.3. The third kappa shape index (κ3) is 5.28. The number of aromatic nitrogens is 2. The van der Waals surface area contributed by atoms with Gasteiger partial charge in [0, 0.05) is 63.2 Å². The molecule has 1 atom stereocenters. The fourth-order valence-electron chi connectivity index (χ4n) is 4.47. The van der Waals surface area contributed by atoms with Crippen LogP contribution < -0.4 is 0 Å². The number of aliphatic hydroxyl groups is 1. The van der Waals surface area contributed by atoms with Gasteiger partial charge < -0.3 is 5.11 Å². The maximum absolute atomic E-state index is 9.52. The minimum atomic E-state index is 0.297. The lowest BCUT2D eigenvalue weighted by Gasteiger charge is -2.43. The summed E-state index contributed by atoms with van der Waals surface area (Å²) in [5.74, 6) is 0.880. The summed E-state index contributed by atoms with van der Waals surface area (Å²) >= 11 is 0. The van der Waals surface area contributed by atoms with E-state index in [2.05, 4.69) is 34.9 Å². The van der Waals surface area contributed by atoms with Crippen LogP contribution in [-0.4, -0.2) is 63.5 Å². The molecule has 2 fully saturated rings. The minimum absolute atomic E-state index is 0.297. The average Bonchev–Trinajstić information content (AvgIpc) is 3.07. The molecule has 2 heterocycles. The van der Waals surface area contributed by atoms with Gasteiger partial charge in [-0.3, -0.25) is 14.5 Å². The van der Waals surface area contributed by atoms with Crippen LogP contribution in [0.5, 0.6) is 0 Å². The number of aliphatic hydroxyl groups excluding tert-OH is 1. The van der Waals surface area contributed by atoms with Crippen LogP contribution in [0.15, 0.2) is 12.4 Å². The van der Waals surface area contributed by atoms with Crippen molar-refractivity contribution >= 4 is 0 Å². The van der Waals surface area contributed by atoms with Crippen LogP contribution in [0.2, 0.25) is 0 Å². The van der Waals surface area contributed by atoms with Crippen LogP contribution >= 0.6 is 0 Å². The van der Waals surface area contributed by atoms with Crippen molar-refractivity contribution in [3.05, 3.63) is 18.0 Å². The van der Waals surface area contributed by atoms with Crippen molar-refractivity contribution in [2.75, 3.05) is 32.8 Å². The Morgan fingerprint density at radius 1 is 1.20 bits per heavy atom. The van der Waals surface area contributed by atoms with E-state index in [9.17, 15) is 5.11 Å². The Bertz CT molecular complexity index is 510. The molecule has 1 aromatic rings. The lowest BCUT2D eigenvalue weighted by Crippen LogP contribution is -2.54. The highest BCUT2D eigenvalue weighted by atomic mass is 16.3. The quantitative estimate of drug-likeness (QED) is 0.823. The van der Waals surface area contributed by atoms with Gasteiger partial charge in [-0.05, 0) is 39.0 Å². The number of rotatable bonds is 7. The highest BCUT2D eigenvalue weighted by molar-refractivity contribution is 5.05. The van der Waals surface area contributed by atoms with E-state index in [1.54, 1.807) is 0 Å². The van der Waals surface area contributed by atoms with E-state index in [1.807, 2.05) is 10.9 Å². The molecule has 1 saturated carbocycles. The Balaban J connectivity index is 1.54. The summed E-state index contributed by atoms with van der Waals surface area (Å²) in [5.41, 5.74) is 1.30. The standard InChI is InChI=1S/C20H36N4O/c1-17(2)24-15-19(12-21-24)13-22-9-10-23(20(16-22)8-11-25)14-18-6-4-3-5-7-18/h12,15,17-18,20,25H,3-11,13-14,16H2,1-2H3/t20-/m0/s1. The predicted molar refractivity (Wildman–Crippen MR) is 102 cm³/mol. The molecule has 0 unspecified atom stereocenters. The number of nitrogens with zero attached hydrogens (tertiary/aromatic N) is 4. The van der Waals surface area contributed by atoms with Crippen molar-refractivity contribution in [1.29, 1.82) is 0 Å². The fourth-order valence-corrected chi connectivity index (χ4v) is 4.47. The van der Waals surface area contributed by atoms with Crippen molar-refractivity contribution in [1.82, 2.24) is 19.6 Å². The summed E-state index contributed by atoms with van der Waals surface area (Å²) in [6.07, 6.45) is 12.1. The lowest BCUT2D eigenvalue weighted by molar-refractivity contribution is 0.0400. The molecule has 5 heteroatoms. The van der Waals surface area contributed by atoms with Gasteiger partial charge in [0.05, 0.1) is 6.20 Å². The summed E-state index contributed by atoms with van der Waals surface area (Å²) in [5, 5.41) is 14.0. The molecule has 0 spiro atoms. The molecule has 1 aliphatic heterocycles. The first kappa shape index (κ1) is 18.9. The smallest absolute Gasteiger partial charge is 0.0534 e. The molecule has 142 valence electrons. The second-order valence-electron chi connectivity index (χ2n) is 8.32. The first-order chi connectivity index (χ1) is 12.2. The molecule has 3 rings (SSSR count). The van der Waals surface area contributed by atoms with Gasteiger partial charge in [-0.15, -0.1) is 0 Å². The second kappa shape index (κ2) is 9.15. The van der Waals surface area contributed by atoms with Gasteiger partial charge in [0.25, 0.3) is 0 Å². The minimum Gasteiger partial charge on any atom is -0.396 e. The van der Waals surface area contributed by atoms with E-state index in [-0.39, 0.29) is 0 Å². The number of hydrogen-bond acceptors (Lipinski definition) is 4. The maximum Gasteiger partial charge on any atom is 0.0534 e. The summed E-state index contributed by atoms with van der Waals surface area (Å²) in [7, 11) is 0. The van der Waals surface area contributed by atoms with Gasteiger partial charge in [-0.25, -0.2) is 0 Å². The summed E-state index contributed by atoms with van der Waals surface area (Å²) in [4.78, 5) is 5.21. The van der Waals surface area contributed by atoms with E-state index >= 15 is 0 Å². The van der Waals surface area contributed by atoms with E-state index in [1.165, 1.54) is 44.2 Å². The number of hydrogen-bond donors (Lipinski definition) is 1. The van der Waals surface area contributed by atoms with Gasteiger partial charge in [0.2, 0.25) is 0 Å². The van der Waals surface area contributed by atoms with E-state index < -0.39 is 0 Å². The summed E-state index contributed by atoms with van der Waals surface area (Å²) in [6.45, 7) is 10.2. The van der Waals surface area contributed by atoms with Crippen LogP contribution in [0, 0.1) is 5.92 Å². The van der Waals surface area contributed by atoms with Crippen molar-refractivity contribution in [2.45, 2.75) is 71.0 Å². The monoisotopic (exact) mass is 348 g/mol. The van der Waals surface area contributed by atoms with Crippen molar-refractivity contribution in [3.8, 4) is 0 Å². The maximum atomic E-state index is 9.52. The van der Waals surface area contributed by atoms with Gasteiger partial charge in [-0.2, -0.15) is 5.10 Å². The zero-order valence-corrected chi connectivity index (χ0v) is 16.1. The Kier molecular flexibility index (Phi) is 6.91. The van der Waals surface area contributed by atoms with Gasteiger partial charge in [0.1, 0.15) is 0 Å². The summed E-state index contributed by atoms with van der Waals surface area (Å²) < 4.78 is 2.04. The molecule has 0 radical (unpaired) electrons. The molecule has 1 N–H and O–H groups in total. The van der Waals surface area contributed by atoms with Crippen LogP contribution in [0.25, 0.3) is 0 Å². The van der Waals surface area contributed by atoms with Crippen LogP contribution in [0.3, 0.4) is 0 Å². The molecule has 0 bridgehead atoms. The largest absolute Gasteiger partial charge is 0.396 e. The Morgan fingerprint density at radius 2 is 2.00 bits per heavy atom. The van der Waals surface area contributed by atoms with Crippen LogP contribution in [0.1, 0.15) is 64.0 Å². The molecule has 5 nitrogen and oxygen atoms in total. The highest BCUT2D eigenvalue weighted by Crippen LogP contribution is 2.26. The molecule has 0 amide bonds. The van der Waals surface area contributed by atoms with Gasteiger partial charge in [0.15, 0.2) is 0 Å². The SMILES string of the molecule is CC(C)n1cc(CN2CCN(CC3CCCCC3)[C@@H](CCO)C2)cn1. The molecule has 0 aromatic carbocycles. The van der Waals surface area contributed by atoms with Gasteiger partial charge in [-0.1, -0.05) is 19.3 Å². The second-order valence-corrected chi connectivity index (χ2v) is 8.32. The zero-order chi connectivity index (χ0) is 17.6. The predicted octanol–water partition coefficient (Wildman–Crippen LogP) is 2.91. The normalized spacial score (nSPS) is 24.2. The molecule has 1 aliphatic carbocycles. The number of piperazine rings is 1. The van der Waals surface area contributed by atoms with Crippen molar-refractivity contribution in [3.63, 3.8) is 0 Å². The summed E-state index contributed by atoms with van der Waals surface area (Å²) in [6, 6.07) is 0.920. The lowest BCUT2D eigenvalue weighted by atomic mass is 9.88. The fraction of sp³-hybridized carbons (Fsp3) is 0.850. The Hall–Kier alpha value is -0.910. The van der Waals surface area contributed by atoms with E-state index in [0.717, 1.165) is 38.5 Å². The third-order valence-electron chi connectivity index (χ3n) is 5.96. The zero-order valence-electron chi connectivity index (χ0n) is 16.1. The highest BCUT2D eigenvalue weighted by Gasteiger charge is 2.29. The first-order valence-electron chi connectivity index (χ1n) is 10.3. The van der Waals surface area contributed by atoms with E-state index in [0.29, 0.717) is 18.7 Å². The Labute approximate surface area is 153 Å². The van der Waals surface area contributed by atoms with Crippen LogP contribution in [0.4, 0.5) is 0 Å². The van der Waals surface area contributed by atoms with Gasteiger partial charge >= 0.3 is 0 Å². The van der Waals surface area contributed by atoms with Crippen LogP contribution in [-0.2, 0) is 6.54 Å². The molecular formula is C20H36N4O. The molecule has 1 aromatic heterocycles. The Morgan fingerprint density at radius 3 is 2.68 bits per heavy atom. The topological polar surface area (TPSA) is 44.5 Å². The molecular weight excluding hydrogens is 312 g/mol. The molecule has 25 heavy (non-hydrogen) atoms. The average molecular weight is 349 g/mol. The molecule has 2 aliphatic rings. The third-order valence-corrected chi connectivity index (χ3v) is 5.96. The van der Waals surface area contributed by atoms with E-state index in [4.69, 9.17) is 0 Å². The van der Waals surface area contributed by atoms with Crippen molar-refractivity contribution in [2.24, 2.45) is 5.92 Å². The molecule has 1 saturated heterocycles. The van der Waals surface area contributed by atoms with Crippen molar-refractivity contribution < 1.29 is 5.11 Å².